The number of amides is 1. The second kappa shape index (κ2) is 9.38. The van der Waals surface area contributed by atoms with Crippen molar-refractivity contribution in [2.45, 2.75) is 26.7 Å². The highest BCUT2D eigenvalue weighted by molar-refractivity contribution is 7.92. The Hall–Kier alpha value is -2.34. The van der Waals surface area contributed by atoms with Gasteiger partial charge in [-0.3, -0.25) is 9.52 Å². The number of carbonyl (C=O) groups is 1. The minimum atomic E-state index is -3.37. The SMILES string of the molecule is CCCS(=O)(=O)Nc1cccc(C(=O)N(CC)CCc2ccccc2)c1. The van der Waals surface area contributed by atoms with Crippen molar-refractivity contribution in [3.05, 3.63) is 65.7 Å². The molecule has 2 rings (SSSR count). The predicted octanol–water partition coefficient (Wildman–Crippen LogP) is 3.54. The van der Waals surface area contributed by atoms with E-state index < -0.39 is 10.0 Å². The van der Waals surface area contributed by atoms with Crippen LogP contribution >= 0.6 is 0 Å². The largest absolute Gasteiger partial charge is 0.339 e. The van der Waals surface area contributed by atoms with Crippen molar-refractivity contribution in [3.63, 3.8) is 0 Å². The van der Waals surface area contributed by atoms with Crippen LogP contribution in [0.3, 0.4) is 0 Å². The Morgan fingerprint density at radius 2 is 1.77 bits per heavy atom. The Morgan fingerprint density at radius 1 is 1.04 bits per heavy atom. The molecule has 0 unspecified atom stereocenters. The maximum absolute atomic E-state index is 12.8. The van der Waals surface area contributed by atoms with Crippen LogP contribution in [0.4, 0.5) is 5.69 Å². The monoisotopic (exact) mass is 374 g/mol. The first kappa shape index (κ1) is 20.0. The third kappa shape index (κ3) is 5.88. The fourth-order valence-corrected chi connectivity index (χ4v) is 3.84. The van der Waals surface area contributed by atoms with Gasteiger partial charge in [0.05, 0.1) is 5.75 Å². The summed E-state index contributed by atoms with van der Waals surface area (Å²) in [6.45, 7) is 4.96. The number of likely N-dealkylation sites (N-methyl/N-ethyl adjacent to an activating group) is 1. The molecular formula is C20H26N2O3S. The highest BCUT2D eigenvalue weighted by Gasteiger charge is 2.16. The van der Waals surface area contributed by atoms with Crippen molar-refractivity contribution in [1.82, 2.24) is 4.90 Å². The molecule has 0 spiro atoms. The molecule has 26 heavy (non-hydrogen) atoms. The molecule has 5 nitrogen and oxygen atoms in total. The molecule has 2 aromatic carbocycles. The fraction of sp³-hybridized carbons (Fsp3) is 0.350. The van der Waals surface area contributed by atoms with Gasteiger partial charge in [0.2, 0.25) is 10.0 Å². The van der Waals surface area contributed by atoms with Crippen molar-refractivity contribution in [2.24, 2.45) is 0 Å². The molecule has 1 N–H and O–H groups in total. The minimum absolute atomic E-state index is 0.0589. The molecule has 0 saturated carbocycles. The van der Waals surface area contributed by atoms with Gasteiger partial charge >= 0.3 is 0 Å². The molecular weight excluding hydrogens is 348 g/mol. The highest BCUT2D eigenvalue weighted by atomic mass is 32.2. The normalized spacial score (nSPS) is 11.2. The zero-order chi connectivity index (χ0) is 19.0. The fourth-order valence-electron chi connectivity index (χ4n) is 2.71. The molecule has 2 aromatic rings. The molecule has 0 saturated heterocycles. The van der Waals surface area contributed by atoms with E-state index in [1.165, 1.54) is 5.56 Å². The number of nitrogens with one attached hydrogen (secondary N) is 1. The molecule has 0 aliphatic carbocycles. The second-order valence-electron chi connectivity index (χ2n) is 6.12. The number of rotatable bonds is 9. The molecule has 0 fully saturated rings. The van der Waals surface area contributed by atoms with Crippen LogP contribution in [0.1, 0.15) is 36.2 Å². The van der Waals surface area contributed by atoms with E-state index in [4.69, 9.17) is 0 Å². The lowest BCUT2D eigenvalue weighted by atomic mass is 10.1. The van der Waals surface area contributed by atoms with E-state index in [1.807, 2.05) is 44.2 Å². The van der Waals surface area contributed by atoms with E-state index in [0.29, 0.717) is 30.8 Å². The molecule has 0 aromatic heterocycles. The summed E-state index contributed by atoms with van der Waals surface area (Å²) in [5, 5.41) is 0. The predicted molar refractivity (Wildman–Crippen MR) is 106 cm³/mol. The van der Waals surface area contributed by atoms with Gasteiger partial charge in [0.25, 0.3) is 5.91 Å². The molecule has 0 heterocycles. The van der Waals surface area contributed by atoms with Crippen molar-refractivity contribution in [2.75, 3.05) is 23.6 Å². The molecule has 0 radical (unpaired) electrons. The summed E-state index contributed by atoms with van der Waals surface area (Å²) in [5.74, 6) is -0.0384. The number of carbonyl (C=O) groups excluding carboxylic acids is 1. The average Bonchev–Trinajstić information content (AvgIpc) is 2.62. The summed E-state index contributed by atoms with van der Waals surface area (Å²) in [5.41, 5.74) is 2.08. The third-order valence-electron chi connectivity index (χ3n) is 4.04. The molecule has 0 atom stereocenters. The Labute approximate surface area is 156 Å². The van der Waals surface area contributed by atoms with Crippen LogP contribution in [0.15, 0.2) is 54.6 Å². The second-order valence-corrected chi connectivity index (χ2v) is 7.96. The van der Waals surface area contributed by atoms with E-state index >= 15 is 0 Å². The number of hydrogen-bond donors (Lipinski definition) is 1. The van der Waals surface area contributed by atoms with Crippen molar-refractivity contribution < 1.29 is 13.2 Å². The molecule has 0 bridgehead atoms. The van der Waals surface area contributed by atoms with Crippen LogP contribution in [0.2, 0.25) is 0 Å². The Balaban J connectivity index is 2.08. The number of anilines is 1. The van der Waals surface area contributed by atoms with Gasteiger partial charge in [-0.1, -0.05) is 43.3 Å². The van der Waals surface area contributed by atoms with Gasteiger partial charge in [-0.2, -0.15) is 0 Å². The van der Waals surface area contributed by atoms with Crippen LogP contribution in [-0.2, 0) is 16.4 Å². The van der Waals surface area contributed by atoms with E-state index in [2.05, 4.69) is 4.72 Å². The quantitative estimate of drug-likeness (QED) is 0.730. The van der Waals surface area contributed by atoms with Gasteiger partial charge in [-0.05, 0) is 43.5 Å². The van der Waals surface area contributed by atoms with Gasteiger partial charge in [0.1, 0.15) is 0 Å². The van der Waals surface area contributed by atoms with Gasteiger partial charge in [0.15, 0.2) is 0 Å². The summed E-state index contributed by atoms with van der Waals surface area (Å²) >= 11 is 0. The molecule has 140 valence electrons. The lowest BCUT2D eigenvalue weighted by molar-refractivity contribution is 0.0766. The summed E-state index contributed by atoms with van der Waals surface area (Å²) in [4.78, 5) is 14.6. The zero-order valence-electron chi connectivity index (χ0n) is 15.3. The first-order valence-corrected chi connectivity index (χ1v) is 10.5. The van der Waals surface area contributed by atoms with Crippen LogP contribution in [0, 0.1) is 0 Å². The molecule has 1 amide bonds. The number of nitrogens with zero attached hydrogens (tertiary/aromatic N) is 1. The Kier molecular flexibility index (Phi) is 7.21. The number of benzene rings is 2. The van der Waals surface area contributed by atoms with Crippen molar-refractivity contribution in [3.8, 4) is 0 Å². The van der Waals surface area contributed by atoms with Crippen molar-refractivity contribution in [1.29, 1.82) is 0 Å². The number of hydrogen-bond acceptors (Lipinski definition) is 3. The van der Waals surface area contributed by atoms with Gasteiger partial charge < -0.3 is 4.90 Å². The number of sulfonamides is 1. The van der Waals surface area contributed by atoms with Gasteiger partial charge in [0, 0.05) is 24.3 Å². The molecule has 6 heteroatoms. The maximum atomic E-state index is 12.8. The minimum Gasteiger partial charge on any atom is -0.339 e. The van der Waals surface area contributed by atoms with E-state index in [0.717, 1.165) is 6.42 Å². The molecule has 0 aliphatic heterocycles. The van der Waals surface area contributed by atoms with Crippen LogP contribution in [0.25, 0.3) is 0 Å². The lowest BCUT2D eigenvalue weighted by Gasteiger charge is -2.21. The lowest BCUT2D eigenvalue weighted by Crippen LogP contribution is -2.32. The van der Waals surface area contributed by atoms with Crippen LogP contribution in [-0.4, -0.2) is 38.1 Å². The van der Waals surface area contributed by atoms with Crippen LogP contribution < -0.4 is 4.72 Å². The highest BCUT2D eigenvalue weighted by Crippen LogP contribution is 2.15. The van der Waals surface area contributed by atoms with E-state index in [1.54, 1.807) is 29.2 Å². The Bertz CT molecular complexity index is 820. The summed E-state index contributed by atoms with van der Waals surface area (Å²) in [7, 11) is -3.37. The third-order valence-corrected chi connectivity index (χ3v) is 5.53. The van der Waals surface area contributed by atoms with E-state index in [-0.39, 0.29) is 11.7 Å². The average molecular weight is 375 g/mol. The summed E-state index contributed by atoms with van der Waals surface area (Å²) in [6, 6.07) is 16.7. The topological polar surface area (TPSA) is 66.5 Å². The summed E-state index contributed by atoms with van der Waals surface area (Å²) < 4.78 is 26.4. The zero-order valence-corrected chi connectivity index (χ0v) is 16.1. The first-order valence-electron chi connectivity index (χ1n) is 8.89. The summed E-state index contributed by atoms with van der Waals surface area (Å²) in [6.07, 6.45) is 1.32. The first-order chi connectivity index (χ1) is 12.4. The standard InChI is InChI=1S/C20H26N2O3S/c1-3-15-26(24,25)21-19-12-8-11-18(16-19)20(23)22(4-2)14-13-17-9-6-5-7-10-17/h5-12,16,21H,3-4,13-15H2,1-2H3. The van der Waals surface area contributed by atoms with Crippen molar-refractivity contribution >= 4 is 21.6 Å². The maximum Gasteiger partial charge on any atom is 0.253 e. The van der Waals surface area contributed by atoms with Gasteiger partial charge in [-0.15, -0.1) is 0 Å². The smallest absolute Gasteiger partial charge is 0.253 e. The molecule has 0 aliphatic rings. The van der Waals surface area contributed by atoms with E-state index in [9.17, 15) is 13.2 Å². The van der Waals surface area contributed by atoms with Crippen LogP contribution in [0.5, 0.6) is 0 Å². The Morgan fingerprint density at radius 3 is 2.42 bits per heavy atom. The van der Waals surface area contributed by atoms with Gasteiger partial charge in [-0.25, -0.2) is 8.42 Å².